The number of hydrogen-bond donors (Lipinski definition) is 1. The highest BCUT2D eigenvalue weighted by Crippen LogP contribution is 2.40. The number of thiol groups is 1. The Kier molecular flexibility index (Phi) is 6.92. The summed E-state index contributed by atoms with van der Waals surface area (Å²) >= 11 is 4.66. The second-order valence-electron chi connectivity index (χ2n) is 9.47. The Morgan fingerprint density at radius 3 is 1.34 bits per heavy atom. The average Bonchev–Trinajstić information content (AvgIpc) is 2.62. The van der Waals surface area contributed by atoms with E-state index < -0.39 is 0 Å². The summed E-state index contributed by atoms with van der Waals surface area (Å²) in [4.78, 5) is 0.778. The largest absolute Gasteiger partial charge is 0.206 e. The Morgan fingerprint density at radius 1 is 0.586 bits per heavy atom. The molecule has 0 radical (unpaired) electrons. The molecule has 0 atom stereocenters. The van der Waals surface area contributed by atoms with E-state index in [9.17, 15) is 4.39 Å². The molecular weight excluding hydrogens is 399 g/mol. The van der Waals surface area contributed by atoms with Crippen molar-refractivity contribution in [3.8, 4) is 22.3 Å². The van der Waals surface area contributed by atoms with Crippen molar-refractivity contribution in [3.05, 3.63) is 77.6 Å². The Bertz CT molecular complexity index is 893. The van der Waals surface area contributed by atoms with Gasteiger partial charge in [0, 0.05) is 16.0 Å². The van der Waals surface area contributed by atoms with Crippen molar-refractivity contribution in [3.63, 3.8) is 0 Å². The Labute approximate surface area is 186 Å². The molecule has 3 heteroatoms. The Morgan fingerprint density at radius 2 is 0.966 bits per heavy atom. The molecule has 0 saturated heterocycles. The maximum Gasteiger partial charge on any atom is 0.131 e. The highest BCUT2D eigenvalue weighted by Gasteiger charge is 2.19. The molecule has 0 heterocycles. The summed E-state index contributed by atoms with van der Waals surface area (Å²) in [6.45, 7) is 13.1. The van der Waals surface area contributed by atoms with Crippen LogP contribution in [0.1, 0.15) is 52.7 Å². The summed E-state index contributed by atoms with van der Waals surface area (Å²) in [5.41, 5.74) is 5.93. The van der Waals surface area contributed by atoms with Crippen molar-refractivity contribution in [1.29, 1.82) is 0 Å². The minimum Gasteiger partial charge on any atom is -0.206 e. The molecule has 0 aliphatic carbocycles. The molecule has 0 saturated carbocycles. The van der Waals surface area contributed by atoms with Crippen LogP contribution < -0.4 is 0 Å². The zero-order chi connectivity index (χ0) is 20.7. The van der Waals surface area contributed by atoms with Crippen molar-refractivity contribution >= 4 is 25.0 Å². The standard InChI is InChI=1S/C26H29FS.ClH/c1-25(2,3)19-11-7-17(8-12-19)23-21(27)15-16-22(28)24(23)18-9-13-20(14-10-18)26(4,5)6;/h7-16,28H,1-6H3;1H. The molecule has 0 N–H and O–H groups in total. The van der Waals surface area contributed by atoms with Gasteiger partial charge in [0.25, 0.3) is 0 Å². The normalized spacial score (nSPS) is 11.9. The predicted octanol–water partition coefficient (Wildman–Crippen LogP) is 8.47. The van der Waals surface area contributed by atoms with Crippen LogP contribution in [-0.4, -0.2) is 0 Å². The van der Waals surface area contributed by atoms with E-state index >= 15 is 0 Å². The Balaban J connectivity index is 0.00000300. The van der Waals surface area contributed by atoms with E-state index in [-0.39, 0.29) is 29.1 Å². The van der Waals surface area contributed by atoms with Gasteiger partial charge in [0.05, 0.1) is 0 Å². The van der Waals surface area contributed by atoms with E-state index in [4.69, 9.17) is 0 Å². The van der Waals surface area contributed by atoms with E-state index in [2.05, 4.69) is 90.6 Å². The van der Waals surface area contributed by atoms with Crippen LogP contribution in [0.4, 0.5) is 4.39 Å². The quantitative estimate of drug-likeness (QED) is 0.388. The minimum absolute atomic E-state index is 0. The van der Waals surface area contributed by atoms with Crippen LogP contribution in [0.25, 0.3) is 22.3 Å². The Hall–Kier alpha value is -1.77. The molecule has 0 nitrogen and oxygen atoms in total. The fourth-order valence-electron chi connectivity index (χ4n) is 3.41. The fourth-order valence-corrected chi connectivity index (χ4v) is 3.73. The van der Waals surface area contributed by atoms with E-state index in [1.54, 1.807) is 6.07 Å². The first-order chi connectivity index (χ1) is 13.0. The van der Waals surface area contributed by atoms with Crippen LogP contribution in [0, 0.1) is 5.82 Å². The van der Waals surface area contributed by atoms with Gasteiger partial charge in [-0.15, -0.1) is 25.0 Å². The summed E-state index contributed by atoms with van der Waals surface area (Å²) in [7, 11) is 0. The van der Waals surface area contributed by atoms with Crippen molar-refractivity contribution in [2.24, 2.45) is 0 Å². The van der Waals surface area contributed by atoms with Crippen LogP contribution in [0.15, 0.2) is 65.6 Å². The van der Waals surface area contributed by atoms with Gasteiger partial charge in [0.2, 0.25) is 0 Å². The van der Waals surface area contributed by atoms with E-state index in [0.717, 1.165) is 21.6 Å². The smallest absolute Gasteiger partial charge is 0.131 e. The average molecular weight is 429 g/mol. The maximum atomic E-state index is 15.0. The van der Waals surface area contributed by atoms with Gasteiger partial charge in [-0.1, -0.05) is 90.1 Å². The third kappa shape index (κ3) is 5.05. The third-order valence-corrected chi connectivity index (χ3v) is 5.58. The first-order valence-electron chi connectivity index (χ1n) is 9.72. The van der Waals surface area contributed by atoms with Crippen LogP contribution in [0.5, 0.6) is 0 Å². The highest BCUT2D eigenvalue weighted by atomic mass is 35.5. The summed E-state index contributed by atoms with van der Waals surface area (Å²) in [6.07, 6.45) is 0. The number of rotatable bonds is 2. The number of benzene rings is 3. The van der Waals surface area contributed by atoms with E-state index in [1.807, 2.05) is 12.1 Å². The number of halogens is 2. The zero-order valence-corrected chi connectivity index (χ0v) is 19.7. The predicted molar refractivity (Wildman–Crippen MR) is 129 cm³/mol. The van der Waals surface area contributed by atoms with Gasteiger partial charge in [-0.05, 0) is 45.2 Å². The summed E-state index contributed by atoms with van der Waals surface area (Å²) < 4.78 is 15.0. The van der Waals surface area contributed by atoms with Gasteiger partial charge in [0.1, 0.15) is 5.82 Å². The first-order valence-corrected chi connectivity index (χ1v) is 10.2. The molecule has 3 rings (SSSR count). The molecule has 0 amide bonds. The van der Waals surface area contributed by atoms with Crippen molar-refractivity contribution in [1.82, 2.24) is 0 Å². The second kappa shape index (κ2) is 8.53. The van der Waals surface area contributed by atoms with Gasteiger partial charge in [-0.25, -0.2) is 4.39 Å². The first kappa shape index (κ1) is 23.5. The molecule has 0 aromatic heterocycles. The lowest BCUT2D eigenvalue weighted by atomic mass is 9.84. The molecular formula is C26H30ClFS. The summed E-state index contributed by atoms with van der Waals surface area (Å²) in [6, 6.07) is 19.8. The zero-order valence-electron chi connectivity index (χ0n) is 18.0. The highest BCUT2D eigenvalue weighted by molar-refractivity contribution is 7.80. The van der Waals surface area contributed by atoms with Crippen LogP contribution in [0.3, 0.4) is 0 Å². The van der Waals surface area contributed by atoms with Crippen molar-refractivity contribution < 1.29 is 4.39 Å². The fraction of sp³-hybridized carbons (Fsp3) is 0.308. The molecule has 0 bridgehead atoms. The topological polar surface area (TPSA) is 0 Å². The van der Waals surface area contributed by atoms with E-state index in [1.165, 1.54) is 17.2 Å². The summed E-state index contributed by atoms with van der Waals surface area (Å²) in [5, 5.41) is 0. The second-order valence-corrected chi connectivity index (χ2v) is 9.95. The van der Waals surface area contributed by atoms with Gasteiger partial charge in [-0.3, -0.25) is 0 Å². The molecule has 0 unspecified atom stereocenters. The van der Waals surface area contributed by atoms with Gasteiger partial charge >= 0.3 is 0 Å². The van der Waals surface area contributed by atoms with E-state index in [0.29, 0.717) is 5.56 Å². The molecule has 0 aliphatic heterocycles. The minimum atomic E-state index is -0.226. The third-order valence-electron chi connectivity index (χ3n) is 5.21. The van der Waals surface area contributed by atoms with Crippen LogP contribution in [-0.2, 0) is 10.8 Å². The van der Waals surface area contributed by atoms with Crippen LogP contribution >= 0.6 is 25.0 Å². The summed E-state index contributed by atoms with van der Waals surface area (Å²) in [5.74, 6) is -0.226. The molecule has 29 heavy (non-hydrogen) atoms. The molecule has 0 aliphatic rings. The van der Waals surface area contributed by atoms with Gasteiger partial charge in [-0.2, -0.15) is 0 Å². The lowest BCUT2D eigenvalue weighted by Crippen LogP contribution is -2.10. The molecule has 3 aromatic rings. The molecule has 154 valence electrons. The van der Waals surface area contributed by atoms with Crippen LogP contribution in [0.2, 0.25) is 0 Å². The van der Waals surface area contributed by atoms with Gasteiger partial charge < -0.3 is 0 Å². The maximum absolute atomic E-state index is 15.0. The van der Waals surface area contributed by atoms with Crippen molar-refractivity contribution in [2.75, 3.05) is 0 Å². The molecule has 3 aromatic carbocycles. The monoisotopic (exact) mass is 428 g/mol. The van der Waals surface area contributed by atoms with Crippen molar-refractivity contribution in [2.45, 2.75) is 57.3 Å². The lowest BCUT2D eigenvalue weighted by molar-refractivity contribution is 0.590. The SMILES string of the molecule is CC(C)(C)c1ccc(-c2c(F)ccc(S)c2-c2ccc(C(C)(C)C)cc2)cc1.Cl. The van der Waals surface area contributed by atoms with Gasteiger partial charge in [0.15, 0.2) is 0 Å². The molecule has 0 spiro atoms. The lowest BCUT2D eigenvalue weighted by Gasteiger charge is -2.21. The number of hydrogen-bond acceptors (Lipinski definition) is 1. The molecule has 0 fully saturated rings.